The number of fused-ring (bicyclic) bond motifs is 2. The number of hydrogen-bond donors (Lipinski definition) is 2. The van der Waals surface area contributed by atoms with Gasteiger partial charge in [0.2, 0.25) is 5.91 Å². The average Bonchev–Trinajstić information content (AvgIpc) is 3.23. The van der Waals surface area contributed by atoms with Crippen molar-refractivity contribution in [2.24, 2.45) is 0 Å². The molecule has 1 amide bonds. The largest absolute Gasteiger partial charge is 0.497 e. The summed E-state index contributed by atoms with van der Waals surface area (Å²) in [5.41, 5.74) is 3.77. The van der Waals surface area contributed by atoms with Crippen molar-refractivity contribution in [2.45, 2.75) is 12.1 Å². The number of methoxy groups -OCH3 is 1. The highest BCUT2D eigenvalue weighted by atomic mass is 32.2. The summed E-state index contributed by atoms with van der Waals surface area (Å²) in [5.74, 6) is 0.914. The molecule has 0 saturated carbocycles. The molecule has 4 rings (SSSR count). The van der Waals surface area contributed by atoms with Gasteiger partial charge in [-0.3, -0.25) is 4.79 Å². The number of para-hydroxylation sites is 1. The monoisotopic (exact) mass is 384 g/mol. The van der Waals surface area contributed by atoms with E-state index in [1.165, 1.54) is 23.1 Å². The van der Waals surface area contributed by atoms with Crippen LogP contribution in [0.3, 0.4) is 0 Å². The number of nitrogens with one attached hydrogen (secondary N) is 2. The Balaban J connectivity index is 1.42. The van der Waals surface area contributed by atoms with Gasteiger partial charge in [-0.05, 0) is 30.7 Å². The molecule has 2 heterocycles. The number of aromatic amines is 1. The highest BCUT2D eigenvalue weighted by Crippen LogP contribution is 2.28. The molecular weight excluding hydrogens is 368 g/mol. The van der Waals surface area contributed by atoms with Crippen LogP contribution in [0.5, 0.6) is 5.75 Å². The number of H-pyrrole nitrogens is 1. The topological polar surface area (TPSA) is 79.9 Å². The number of ether oxygens (including phenoxy) is 1. The fourth-order valence-corrected chi connectivity index (χ4v) is 4.23. The molecule has 0 saturated heterocycles. The molecule has 0 radical (unpaired) electrons. The Morgan fingerprint density at radius 2 is 2.19 bits per heavy atom. The second-order valence-corrected chi connectivity index (χ2v) is 7.70. The maximum absolute atomic E-state index is 12.2. The first-order valence-electron chi connectivity index (χ1n) is 7.95. The van der Waals surface area contributed by atoms with Crippen molar-refractivity contribution in [1.29, 1.82) is 0 Å². The predicted octanol–water partition coefficient (Wildman–Crippen LogP) is 4.22. The Labute approximate surface area is 158 Å². The van der Waals surface area contributed by atoms with Gasteiger partial charge in [-0.15, -0.1) is 0 Å². The van der Waals surface area contributed by atoms with Gasteiger partial charge in [0.1, 0.15) is 5.75 Å². The van der Waals surface area contributed by atoms with E-state index in [0.29, 0.717) is 10.3 Å². The van der Waals surface area contributed by atoms with Gasteiger partial charge in [-0.2, -0.15) is 0 Å². The van der Waals surface area contributed by atoms with Crippen LogP contribution in [0.2, 0.25) is 0 Å². The van der Waals surface area contributed by atoms with E-state index >= 15 is 0 Å². The average molecular weight is 384 g/mol. The number of amides is 1. The quantitative estimate of drug-likeness (QED) is 0.504. The van der Waals surface area contributed by atoms with E-state index in [4.69, 9.17) is 4.74 Å². The molecule has 26 heavy (non-hydrogen) atoms. The van der Waals surface area contributed by atoms with Gasteiger partial charge in [-0.25, -0.2) is 9.97 Å². The van der Waals surface area contributed by atoms with Crippen LogP contribution in [0, 0.1) is 6.92 Å². The summed E-state index contributed by atoms with van der Waals surface area (Å²) in [4.78, 5) is 24.4. The molecule has 0 aliphatic carbocycles. The molecule has 4 aromatic rings. The molecule has 2 aromatic carbocycles. The zero-order chi connectivity index (χ0) is 18.1. The lowest BCUT2D eigenvalue weighted by molar-refractivity contribution is -0.113. The van der Waals surface area contributed by atoms with Gasteiger partial charge in [0.25, 0.3) is 0 Å². The van der Waals surface area contributed by atoms with Crippen LogP contribution < -0.4 is 10.1 Å². The van der Waals surface area contributed by atoms with E-state index in [0.717, 1.165) is 32.6 Å². The van der Waals surface area contributed by atoms with E-state index < -0.39 is 0 Å². The van der Waals surface area contributed by atoms with Crippen molar-refractivity contribution >= 4 is 55.4 Å². The minimum absolute atomic E-state index is 0.107. The number of carbonyl (C=O) groups excluding carboxylic acids is 1. The maximum atomic E-state index is 12.2. The number of aromatic nitrogens is 3. The summed E-state index contributed by atoms with van der Waals surface area (Å²) < 4.78 is 6.27. The van der Waals surface area contributed by atoms with Crippen LogP contribution >= 0.6 is 23.1 Å². The predicted molar refractivity (Wildman–Crippen MR) is 106 cm³/mol. The second-order valence-electron chi connectivity index (χ2n) is 5.70. The minimum atomic E-state index is -0.107. The summed E-state index contributed by atoms with van der Waals surface area (Å²) in [7, 11) is 1.63. The molecule has 0 aliphatic rings. The Hall–Kier alpha value is -2.58. The molecule has 2 aromatic heterocycles. The van der Waals surface area contributed by atoms with Crippen LogP contribution in [0.4, 0.5) is 5.13 Å². The number of thioether (sulfide) groups is 1. The van der Waals surface area contributed by atoms with Crippen molar-refractivity contribution < 1.29 is 9.53 Å². The lowest BCUT2D eigenvalue weighted by Crippen LogP contribution is -2.13. The molecule has 8 heteroatoms. The van der Waals surface area contributed by atoms with Crippen LogP contribution in [0.1, 0.15) is 5.56 Å². The lowest BCUT2D eigenvalue weighted by Gasteiger charge is -1.99. The highest BCUT2D eigenvalue weighted by molar-refractivity contribution is 7.99. The second kappa shape index (κ2) is 6.97. The molecule has 0 unspecified atom stereocenters. The van der Waals surface area contributed by atoms with E-state index in [-0.39, 0.29) is 11.7 Å². The van der Waals surface area contributed by atoms with Crippen LogP contribution in [-0.4, -0.2) is 33.7 Å². The first-order chi connectivity index (χ1) is 12.6. The fraction of sp³-hybridized carbons (Fsp3) is 0.167. The molecule has 0 bridgehead atoms. The van der Waals surface area contributed by atoms with Crippen molar-refractivity contribution in [1.82, 2.24) is 15.0 Å². The number of thiazole rings is 1. The van der Waals surface area contributed by atoms with Gasteiger partial charge < -0.3 is 15.0 Å². The Bertz CT molecular complexity index is 1100. The number of rotatable bonds is 5. The van der Waals surface area contributed by atoms with Gasteiger partial charge in [-0.1, -0.05) is 35.2 Å². The Kier molecular flexibility index (Phi) is 4.52. The fourth-order valence-electron chi connectivity index (χ4n) is 2.59. The Morgan fingerprint density at radius 3 is 3.00 bits per heavy atom. The number of nitrogens with zero attached hydrogens (tertiary/aromatic N) is 2. The minimum Gasteiger partial charge on any atom is -0.497 e. The van der Waals surface area contributed by atoms with E-state index in [2.05, 4.69) is 20.3 Å². The summed E-state index contributed by atoms with van der Waals surface area (Å²) in [5, 5.41) is 4.18. The molecule has 2 N–H and O–H groups in total. The number of anilines is 1. The maximum Gasteiger partial charge on any atom is 0.236 e. The third-order valence-corrected chi connectivity index (χ3v) is 5.68. The van der Waals surface area contributed by atoms with E-state index in [1.54, 1.807) is 7.11 Å². The number of benzene rings is 2. The summed E-state index contributed by atoms with van der Waals surface area (Å²) in [6, 6.07) is 11.6. The van der Waals surface area contributed by atoms with Gasteiger partial charge in [0.15, 0.2) is 10.3 Å². The van der Waals surface area contributed by atoms with Crippen molar-refractivity contribution in [2.75, 3.05) is 18.2 Å². The van der Waals surface area contributed by atoms with E-state index in [1.807, 2.05) is 43.3 Å². The van der Waals surface area contributed by atoms with Gasteiger partial charge >= 0.3 is 0 Å². The van der Waals surface area contributed by atoms with Crippen molar-refractivity contribution in [3.8, 4) is 5.75 Å². The molecular formula is C18H16N4O2S2. The number of aryl methyl sites for hydroxylation is 1. The zero-order valence-electron chi connectivity index (χ0n) is 14.2. The smallest absolute Gasteiger partial charge is 0.236 e. The van der Waals surface area contributed by atoms with Crippen molar-refractivity contribution in [3.05, 3.63) is 42.0 Å². The summed E-state index contributed by atoms with van der Waals surface area (Å²) in [6.45, 7) is 2.01. The Morgan fingerprint density at radius 1 is 1.31 bits per heavy atom. The summed E-state index contributed by atoms with van der Waals surface area (Å²) >= 11 is 2.83. The lowest BCUT2D eigenvalue weighted by atomic mass is 10.2. The molecule has 6 nitrogen and oxygen atoms in total. The molecule has 0 aliphatic heterocycles. The third kappa shape index (κ3) is 3.38. The number of imidazole rings is 1. The first kappa shape index (κ1) is 16.9. The normalized spacial score (nSPS) is 11.2. The van der Waals surface area contributed by atoms with Gasteiger partial charge in [0.05, 0.1) is 34.1 Å². The third-order valence-electron chi connectivity index (χ3n) is 3.87. The molecule has 132 valence electrons. The van der Waals surface area contributed by atoms with Gasteiger partial charge in [0, 0.05) is 6.07 Å². The molecule has 0 fully saturated rings. The zero-order valence-corrected chi connectivity index (χ0v) is 15.8. The first-order valence-corrected chi connectivity index (χ1v) is 9.75. The summed E-state index contributed by atoms with van der Waals surface area (Å²) in [6.07, 6.45) is 0. The SMILES string of the molecule is COc1ccc2nc(SCC(=O)Nc3nc4c(C)cccc4s3)[nH]c2c1. The number of hydrogen-bond acceptors (Lipinski definition) is 6. The molecule has 0 atom stereocenters. The highest BCUT2D eigenvalue weighted by Gasteiger charge is 2.11. The van der Waals surface area contributed by atoms with Crippen LogP contribution in [-0.2, 0) is 4.79 Å². The van der Waals surface area contributed by atoms with Crippen LogP contribution in [0.15, 0.2) is 41.6 Å². The number of carbonyl (C=O) groups is 1. The van der Waals surface area contributed by atoms with Crippen molar-refractivity contribution in [3.63, 3.8) is 0 Å². The molecule has 0 spiro atoms. The van der Waals surface area contributed by atoms with E-state index in [9.17, 15) is 4.79 Å². The van der Waals surface area contributed by atoms with Crippen LogP contribution in [0.25, 0.3) is 21.3 Å². The standard InChI is InChI=1S/C18H16N4O2S2/c1-10-4-3-5-14-16(10)22-18(26-14)21-15(23)9-25-17-19-12-7-6-11(24-2)8-13(12)20-17/h3-8H,9H2,1-2H3,(H,19,20)(H,21,22,23).